The molecule has 0 atom stereocenters. The maximum Gasteiger partial charge on any atom is 0.342 e. The number of para-hydroxylation sites is 1. The molecule has 0 saturated heterocycles. The predicted molar refractivity (Wildman–Crippen MR) is 110 cm³/mol. The van der Waals surface area contributed by atoms with Crippen LogP contribution in [0.4, 0.5) is 0 Å². The van der Waals surface area contributed by atoms with E-state index in [9.17, 15) is 4.79 Å². The monoisotopic (exact) mass is 377 g/mol. The Kier molecular flexibility index (Phi) is 5.18. The van der Waals surface area contributed by atoms with Crippen LogP contribution in [-0.2, 0) is 4.74 Å². The van der Waals surface area contributed by atoms with E-state index in [1.54, 1.807) is 6.20 Å². The molecule has 7 nitrogen and oxygen atoms in total. The third kappa shape index (κ3) is 3.67. The number of ether oxygens (including phenoxy) is 1. The minimum Gasteiger partial charge on any atom is -0.461 e. The summed E-state index contributed by atoms with van der Waals surface area (Å²) in [4.78, 5) is 23.9. The lowest BCUT2D eigenvalue weighted by Gasteiger charge is -2.11. The lowest BCUT2D eigenvalue weighted by Crippen LogP contribution is -2.29. The lowest BCUT2D eigenvalue weighted by molar-refractivity contribution is 0.0510. The van der Waals surface area contributed by atoms with Crippen LogP contribution in [0.15, 0.2) is 48.8 Å². The molecule has 0 radical (unpaired) electrons. The first kappa shape index (κ1) is 18.3. The molecule has 0 unspecified atom stereocenters. The van der Waals surface area contributed by atoms with Crippen LogP contribution in [0.2, 0.25) is 0 Å². The topological polar surface area (TPSA) is 71.8 Å². The van der Waals surface area contributed by atoms with E-state index >= 15 is 0 Å². The summed E-state index contributed by atoms with van der Waals surface area (Å²) in [7, 11) is 4.05. The van der Waals surface area contributed by atoms with Crippen molar-refractivity contribution in [3.8, 4) is 0 Å². The Hall–Kier alpha value is -3.03. The number of rotatable bonds is 7. The average Bonchev–Trinajstić information content (AvgIpc) is 3.18. The first-order chi connectivity index (χ1) is 13.6. The Morgan fingerprint density at radius 2 is 2.00 bits per heavy atom. The Morgan fingerprint density at radius 1 is 1.14 bits per heavy atom. The summed E-state index contributed by atoms with van der Waals surface area (Å²) in [6.45, 7) is 2.72. The fraction of sp³-hybridized carbons (Fsp3) is 0.286. The van der Waals surface area contributed by atoms with Crippen LogP contribution in [0, 0.1) is 0 Å². The van der Waals surface area contributed by atoms with E-state index in [0.717, 1.165) is 35.0 Å². The first-order valence-corrected chi connectivity index (χ1v) is 9.31. The molecule has 4 aromatic rings. The molecule has 0 aliphatic heterocycles. The van der Waals surface area contributed by atoms with Gasteiger partial charge in [0.15, 0.2) is 5.65 Å². The Bertz CT molecular complexity index is 1140. The van der Waals surface area contributed by atoms with Crippen molar-refractivity contribution in [2.75, 3.05) is 40.3 Å². The summed E-state index contributed by atoms with van der Waals surface area (Å²) in [6, 6.07) is 11.8. The van der Waals surface area contributed by atoms with Crippen molar-refractivity contribution < 1.29 is 9.53 Å². The van der Waals surface area contributed by atoms with Gasteiger partial charge in [0, 0.05) is 42.8 Å². The molecule has 4 rings (SSSR count). The molecule has 1 N–H and O–H groups in total. The zero-order valence-electron chi connectivity index (χ0n) is 16.1. The minimum atomic E-state index is -0.374. The number of esters is 1. The molecule has 0 bridgehead atoms. The van der Waals surface area contributed by atoms with Crippen molar-refractivity contribution >= 4 is 33.6 Å². The standard InChI is InChI=1S/C21H23N5O2/c1-25(2)10-7-22-9-12-28-21(27)17-14-16-13-15-5-3-4-6-18(15)24-19(16)26-11-8-23-20(17)26/h3-6,8,11,13-14,22H,7,9-10,12H2,1-2H3. The largest absolute Gasteiger partial charge is 0.461 e. The van der Waals surface area contributed by atoms with Crippen LogP contribution in [0.25, 0.3) is 27.6 Å². The van der Waals surface area contributed by atoms with E-state index in [0.29, 0.717) is 24.4 Å². The highest BCUT2D eigenvalue weighted by Crippen LogP contribution is 2.23. The van der Waals surface area contributed by atoms with E-state index in [1.165, 1.54) is 0 Å². The van der Waals surface area contributed by atoms with Gasteiger partial charge in [-0.05, 0) is 32.3 Å². The zero-order chi connectivity index (χ0) is 19.5. The highest BCUT2D eigenvalue weighted by Gasteiger charge is 2.17. The number of imidazole rings is 1. The second-order valence-electron chi connectivity index (χ2n) is 6.96. The van der Waals surface area contributed by atoms with Gasteiger partial charge in [-0.1, -0.05) is 18.2 Å². The number of pyridine rings is 2. The minimum absolute atomic E-state index is 0.313. The molecule has 0 fully saturated rings. The van der Waals surface area contributed by atoms with Gasteiger partial charge in [-0.3, -0.25) is 4.40 Å². The number of nitrogens with zero attached hydrogens (tertiary/aromatic N) is 4. The summed E-state index contributed by atoms with van der Waals surface area (Å²) in [5.41, 5.74) is 2.68. The number of hydrogen-bond donors (Lipinski definition) is 1. The van der Waals surface area contributed by atoms with Gasteiger partial charge in [0.1, 0.15) is 17.8 Å². The quantitative estimate of drug-likeness (QED) is 0.303. The SMILES string of the molecule is CN(C)CCNCCOC(=O)c1cc2cc3ccccc3nc2n2ccnc12. The predicted octanol–water partition coefficient (Wildman–Crippen LogP) is 2.34. The molecule has 0 saturated carbocycles. The molecule has 3 heterocycles. The number of carbonyl (C=O) groups is 1. The van der Waals surface area contributed by atoms with Crippen LogP contribution in [-0.4, -0.2) is 65.6 Å². The molecule has 0 spiro atoms. The van der Waals surface area contributed by atoms with E-state index in [1.807, 2.05) is 61.1 Å². The normalized spacial score (nSPS) is 11.7. The Labute approximate surface area is 162 Å². The summed E-state index contributed by atoms with van der Waals surface area (Å²) in [6.07, 6.45) is 3.49. The molecule has 1 aromatic carbocycles. The van der Waals surface area contributed by atoms with Crippen LogP contribution < -0.4 is 5.32 Å². The highest BCUT2D eigenvalue weighted by molar-refractivity contribution is 6.02. The van der Waals surface area contributed by atoms with E-state index in [4.69, 9.17) is 9.72 Å². The lowest BCUT2D eigenvalue weighted by atomic mass is 10.1. The second-order valence-corrected chi connectivity index (χ2v) is 6.96. The molecule has 0 aliphatic carbocycles. The molecule has 7 heteroatoms. The maximum absolute atomic E-state index is 12.7. The van der Waals surface area contributed by atoms with Crippen molar-refractivity contribution in [1.82, 2.24) is 24.6 Å². The van der Waals surface area contributed by atoms with Crippen molar-refractivity contribution in [2.45, 2.75) is 0 Å². The van der Waals surface area contributed by atoms with Gasteiger partial charge in [-0.25, -0.2) is 14.8 Å². The number of aromatic nitrogens is 3. The fourth-order valence-electron chi connectivity index (χ4n) is 3.19. The number of likely N-dealkylation sites (N-methyl/N-ethyl adjacent to an activating group) is 1. The van der Waals surface area contributed by atoms with Crippen molar-refractivity contribution in [3.05, 3.63) is 54.4 Å². The summed E-state index contributed by atoms with van der Waals surface area (Å²) in [5.74, 6) is -0.374. The first-order valence-electron chi connectivity index (χ1n) is 9.31. The summed E-state index contributed by atoms with van der Waals surface area (Å²) >= 11 is 0. The summed E-state index contributed by atoms with van der Waals surface area (Å²) < 4.78 is 7.30. The van der Waals surface area contributed by atoms with Gasteiger partial charge in [0.2, 0.25) is 0 Å². The molecule has 0 amide bonds. The maximum atomic E-state index is 12.7. The molecule has 0 aliphatic rings. The smallest absolute Gasteiger partial charge is 0.342 e. The van der Waals surface area contributed by atoms with Crippen LogP contribution in [0.3, 0.4) is 0 Å². The van der Waals surface area contributed by atoms with Crippen LogP contribution >= 0.6 is 0 Å². The number of carbonyl (C=O) groups excluding carboxylic acids is 1. The van der Waals surface area contributed by atoms with Gasteiger partial charge >= 0.3 is 5.97 Å². The van der Waals surface area contributed by atoms with Crippen LogP contribution in [0.5, 0.6) is 0 Å². The number of benzene rings is 1. The van der Waals surface area contributed by atoms with Gasteiger partial charge in [0.05, 0.1) is 5.52 Å². The fourth-order valence-corrected chi connectivity index (χ4v) is 3.19. The van der Waals surface area contributed by atoms with Crippen molar-refractivity contribution in [1.29, 1.82) is 0 Å². The second kappa shape index (κ2) is 7.92. The average molecular weight is 377 g/mol. The van der Waals surface area contributed by atoms with E-state index in [2.05, 4.69) is 15.2 Å². The molecular weight excluding hydrogens is 354 g/mol. The number of hydrogen-bond acceptors (Lipinski definition) is 6. The molecule has 28 heavy (non-hydrogen) atoms. The Balaban J connectivity index is 1.58. The molecule has 144 valence electrons. The van der Waals surface area contributed by atoms with Crippen molar-refractivity contribution in [2.24, 2.45) is 0 Å². The number of nitrogens with one attached hydrogen (secondary N) is 1. The van der Waals surface area contributed by atoms with E-state index < -0.39 is 0 Å². The van der Waals surface area contributed by atoms with E-state index in [-0.39, 0.29) is 5.97 Å². The molecular formula is C21H23N5O2. The Morgan fingerprint density at radius 3 is 2.86 bits per heavy atom. The zero-order valence-corrected chi connectivity index (χ0v) is 16.1. The van der Waals surface area contributed by atoms with Gasteiger partial charge in [0.25, 0.3) is 0 Å². The third-order valence-corrected chi connectivity index (χ3v) is 4.61. The summed E-state index contributed by atoms with van der Waals surface area (Å²) in [5, 5.41) is 5.16. The number of fused-ring (bicyclic) bond motifs is 4. The third-order valence-electron chi connectivity index (χ3n) is 4.61. The van der Waals surface area contributed by atoms with Crippen molar-refractivity contribution in [3.63, 3.8) is 0 Å². The van der Waals surface area contributed by atoms with Crippen LogP contribution in [0.1, 0.15) is 10.4 Å². The highest BCUT2D eigenvalue weighted by atomic mass is 16.5. The van der Waals surface area contributed by atoms with Gasteiger partial charge in [-0.15, -0.1) is 0 Å². The van der Waals surface area contributed by atoms with Gasteiger partial charge < -0.3 is 15.0 Å². The van der Waals surface area contributed by atoms with Gasteiger partial charge in [-0.2, -0.15) is 0 Å². The molecule has 3 aromatic heterocycles.